The molecular weight excluding hydrogens is 347 g/mol. The number of aryl methyl sites for hydroxylation is 1. The molecular formula is C16H17FN4O3S. The van der Waals surface area contributed by atoms with Crippen LogP contribution in [0.5, 0.6) is 0 Å². The third kappa shape index (κ3) is 4.18. The van der Waals surface area contributed by atoms with Crippen molar-refractivity contribution in [1.29, 1.82) is 0 Å². The van der Waals surface area contributed by atoms with Crippen molar-refractivity contribution >= 4 is 29.2 Å². The van der Waals surface area contributed by atoms with Crippen LogP contribution in [0.3, 0.4) is 0 Å². The third-order valence-corrected chi connectivity index (χ3v) is 4.50. The minimum Gasteiger partial charge on any atom is -0.369 e. The number of thiol groups is 1. The molecule has 0 spiro atoms. The zero-order valence-electron chi connectivity index (χ0n) is 13.2. The number of ketones is 1. The fraction of sp³-hybridized carbons (Fsp3) is 0.312. The summed E-state index contributed by atoms with van der Waals surface area (Å²) < 4.78 is 37.1. The summed E-state index contributed by atoms with van der Waals surface area (Å²) >= 11 is 0. The van der Waals surface area contributed by atoms with Crippen LogP contribution in [0.2, 0.25) is 0 Å². The smallest absolute Gasteiger partial charge is 0.201 e. The topological polar surface area (TPSA) is 100.0 Å². The number of benzene rings is 1. The monoisotopic (exact) mass is 364 g/mol. The summed E-state index contributed by atoms with van der Waals surface area (Å²) in [7, 11) is -2.63. The maximum Gasteiger partial charge on any atom is 0.201 e. The highest BCUT2D eigenvalue weighted by atomic mass is 32.2. The number of fused-ring (bicyclic) bond motifs is 1. The maximum absolute atomic E-state index is 13.9. The summed E-state index contributed by atoms with van der Waals surface area (Å²) in [5.74, 6) is -1.03. The van der Waals surface area contributed by atoms with Gasteiger partial charge in [-0.1, -0.05) is 0 Å². The Morgan fingerprint density at radius 2 is 2.16 bits per heavy atom. The molecule has 9 heteroatoms. The van der Waals surface area contributed by atoms with Crippen molar-refractivity contribution in [3.8, 4) is 0 Å². The summed E-state index contributed by atoms with van der Waals surface area (Å²) in [6.07, 6.45) is 5.41. The molecule has 1 aromatic carbocycles. The first-order chi connectivity index (χ1) is 12.0. The zero-order valence-corrected chi connectivity index (χ0v) is 14.1. The van der Waals surface area contributed by atoms with Gasteiger partial charge < -0.3 is 5.32 Å². The Balaban J connectivity index is 1.72. The van der Waals surface area contributed by atoms with Crippen LogP contribution in [-0.2, 0) is 17.3 Å². The van der Waals surface area contributed by atoms with Gasteiger partial charge in [-0.15, -0.1) is 0 Å². The molecule has 0 saturated heterocycles. The molecule has 0 saturated carbocycles. The normalized spacial score (nSPS) is 21.1. The molecule has 0 bridgehead atoms. The van der Waals surface area contributed by atoms with E-state index in [4.69, 9.17) is 0 Å². The van der Waals surface area contributed by atoms with Crippen molar-refractivity contribution < 1.29 is 17.6 Å². The molecule has 0 fully saturated rings. The maximum atomic E-state index is 13.9. The summed E-state index contributed by atoms with van der Waals surface area (Å²) in [6, 6.07) is 4.19. The van der Waals surface area contributed by atoms with Gasteiger partial charge in [-0.25, -0.2) is 27.5 Å². The number of nitrogens with zero attached hydrogens (tertiary/aromatic N) is 2. The van der Waals surface area contributed by atoms with E-state index in [1.54, 1.807) is 18.5 Å². The summed E-state index contributed by atoms with van der Waals surface area (Å²) in [5.41, 5.74) is 1.39. The first kappa shape index (κ1) is 17.4. The minimum absolute atomic E-state index is 0.246. The Morgan fingerprint density at radius 1 is 1.32 bits per heavy atom. The van der Waals surface area contributed by atoms with E-state index in [0.717, 1.165) is 0 Å². The lowest BCUT2D eigenvalue weighted by Gasteiger charge is -2.16. The third-order valence-electron chi connectivity index (χ3n) is 4.01. The Labute approximate surface area is 145 Å². The highest BCUT2D eigenvalue weighted by molar-refractivity contribution is 7.70. The number of carbonyl (C=O) groups excluding carboxylic acids is 1. The Morgan fingerprint density at radius 3 is 2.96 bits per heavy atom. The van der Waals surface area contributed by atoms with E-state index in [9.17, 15) is 17.6 Å². The average Bonchev–Trinajstić information content (AvgIpc) is 3.01. The van der Waals surface area contributed by atoms with Crippen LogP contribution in [0.25, 0.3) is 0 Å². The number of Topliss-reactive ketones (excluding diaryl/α,β-unsaturated/α-hetero) is 1. The van der Waals surface area contributed by atoms with Crippen LogP contribution < -0.4 is 10.0 Å². The van der Waals surface area contributed by atoms with E-state index >= 15 is 0 Å². The Bertz CT molecular complexity index is 840. The van der Waals surface area contributed by atoms with E-state index in [2.05, 4.69) is 20.0 Å². The van der Waals surface area contributed by atoms with Crippen molar-refractivity contribution in [2.45, 2.75) is 19.0 Å². The number of hydrogen-bond donors (Lipinski definition) is 3. The second kappa shape index (κ2) is 7.66. The molecule has 132 valence electrons. The largest absolute Gasteiger partial charge is 0.369 e. The van der Waals surface area contributed by atoms with Gasteiger partial charge in [-0.2, -0.15) is 0 Å². The lowest BCUT2D eigenvalue weighted by molar-refractivity contribution is 0.102. The lowest BCUT2D eigenvalue weighted by Crippen LogP contribution is -2.29. The molecule has 3 rings (SSSR count). The average molecular weight is 364 g/mol. The molecule has 2 N–H and O–H groups in total. The molecule has 2 atom stereocenters. The van der Waals surface area contributed by atoms with E-state index in [0.29, 0.717) is 24.0 Å². The van der Waals surface area contributed by atoms with Crippen LogP contribution in [0.4, 0.5) is 4.39 Å². The molecule has 2 aliphatic rings. The quantitative estimate of drug-likeness (QED) is 0.375. The number of carbonyl (C=O) groups is 1. The molecule has 0 aliphatic carbocycles. The van der Waals surface area contributed by atoms with Crippen LogP contribution in [0, 0.1) is 11.7 Å². The van der Waals surface area contributed by atoms with Crippen molar-refractivity contribution in [3.63, 3.8) is 0 Å². The molecule has 2 heterocycles. The first-order valence-corrected chi connectivity index (χ1v) is 8.95. The number of halogens is 1. The van der Waals surface area contributed by atoms with Gasteiger partial charge in [0.15, 0.2) is 5.78 Å². The number of rotatable bonds is 7. The fourth-order valence-corrected chi connectivity index (χ4v) is 3.20. The van der Waals surface area contributed by atoms with Crippen LogP contribution >= 0.6 is 0 Å². The van der Waals surface area contributed by atoms with Crippen LogP contribution in [-0.4, -0.2) is 39.5 Å². The molecule has 7 nitrogen and oxygen atoms in total. The molecule has 2 unspecified atom stereocenters. The van der Waals surface area contributed by atoms with Gasteiger partial charge in [0.1, 0.15) is 18.3 Å². The van der Waals surface area contributed by atoms with Gasteiger partial charge in [0.25, 0.3) is 0 Å². The Hall–Kier alpha value is -2.39. The predicted molar refractivity (Wildman–Crippen MR) is 92.8 cm³/mol. The van der Waals surface area contributed by atoms with Gasteiger partial charge in [0.05, 0.1) is 5.92 Å². The van der Waals surface area contributed by atoms with Gasteiger partial charge >= 0.3 is 0 Å². The molecule has 0 radical (unpaired) electrons. The SMILES string of the molecule is O=C(C1=CNC2N=CN=CC12)c1cc(F)cc(CCCN[SH](=O)=O)c1. The zero-order chi connectivity index (χ0) is 17.8. The van der Waals surface area contributed by atoms with Gasteiger partial charge in [-0.3, -0.25) is 4.79 Å². The van der Waals surface area contributed by atoms with E-state index < -0.39 is 16.7 Å². The van der Waals surface area contributed by atoms with E-state index in [-0.39, 0.29) is 30.0 Å². The van der Waals surface area contributed by atoms with Crippen LogP contribution in [0.1, 0.15) is 22.3 Å². The van der Waals surface area contributed by atoms with Gasteiger partial charge in [0.2, 0.25) is 10.9 Å². The summed E-state index contributed by atoms with van der Waals surface area (Å²) in [5, 5.41) is 3.01. The molecule has 2 aliphatic heterocycles. The van der Waals surface area contributed by atoms with Gasteiger partial charge in [-0.05, 0) is 36.6 Å². The first-order valence-electron chi connectivity index (χ1n) is 7.78. The van der Waals surface area contributed by atoms with E-state index in [1.807, 2.05) is 0 Å². The van der Waals surface area contributed by atoms with Crippen LogP contribution in [0.15, 0.2) is 40.0 Å². The minimum atomic E-state index is -2.63. The lowest BCUT2D eigenvalue weighted by atomic mass is 9.92. The highest BCUT2D eigenvalue weighted by Crippen LogP contribution is 2.26. The number of hydrogen-bond acceptors (Lipinski definition) is 6. The molecule has 1 aromatic rings. The summed E-state index contributed by atoms with van der Waals surface area (Å²) in [4.78, 5) is 20.9. The van der Waals surface area contributed by atoms with E-state index in [1.165, 1.54) is 18.5 Å². The second-order valence-corrected chi connectivity index (χ2v) is 6.58. The highest BCUT2D eigenvalue weighted by Gasteiger charge is 2.33. The predicted octanol–water partition coefficient (Wildman–Crippen LogP) is 0.599. The van der Waals surface area contributed by atoms with Crippen molar-refractivity contribution in [1.82, 2.24) is 10.0 Å². The number of nitrogens with one attached hydrogen (secondary N) is 2. The van der Waals surface area contributed by atoms with Crippen molar-refractivity contribution in [3.05, 3.63) is 46.9 Å². The fourth-order valence-electron chi connectivity index (χ4n) is 2.86. The summed E-state index contributed by atoms with van der Waals surface area (Å²) in [6.45, 7) is 0.270. The number of aliphatic imine (C=N–C) groups is 2. The molecule has 0 amide bonds. The Kier molecular flexibility index (Phi) is 5.34. The standard InChI is InChI=1S/C16H17FN4O3S/c17-12-5-10(2-1-3-21-25(23)24)4-11(6-12)15(22)13-8-19-16-14(13)7-18-9-20-16/h4-9,14,16,19,25H,1-3H2,(H,21,23,24). The second-order valence-electron chi connectivity index (χ2n) is 5.75. The van der Waals surface area contributed by atoms with Crippen molar-refractivity contribution in [2.24, 2.45) is 15.9 Å². The molecule has 25 heavy (non-hydrogen) atoms. The molecule has 0 aromatic heterocycles. The van der Waals surface area contributed by atoms with Crippen molar-refractivity contribution in [2.75, 3.05) is 6.54 Å². The van der Waals surface area contributed by atoms with Gasteiger partial charge in [0, 0.05) is 30.1 Å².